The van der Waals surface area contributed by atoms with Gasteiger partial charge in [-0.3, -0.25) is 19.4 Å². The molecule has 2 amide bonds. The molecule has 0 bridgehead atoms. The molecule has 0 fully saturated rings. The van der Waals surface area contributed by atoms with Crippen LogP contribution in [-0.4, -0.2) is 27.5 Å². The second-order valence-corrected chi connectivity index (χ2v) is 7.53. The highest BCUT2D eigenvalue weighted by Gasteiger charge is 2.68. The van der Waals surface area contributed by atoms with E-state index in [1.807, 2.05) is 5.32 Å². The zero-order chi connectivity index (χ0) is 24.7. The lowest BCUT2D eigenvalue weighted by Crippen LogP contribution is -2.62. The third-order valence-electron chi connectivity index (χ3n) is 5.38. The largest absolute Gasteiger partial charge is 0.425 e. The van der Waals surface area contributed by atoms with E-state index in [1.54, 1.807) is 40.6 Å². The van der Waals surface area contributed by atoms with Gasteiger partial charge in [-0.2, -0.15) is 13.2 Å². The minimum absolute atomic E-state index is 0.0839. The molecule has 1 atom stereocenters. The first-order chi connectivity index (χ1) is 16.0. The molecule has 3 N–H and O–H groups in total. The molecule has 0 radical (unpaired) electrons. The van der Waals surface area contributed by atoms with E-state index < -0.39 is 58.4 Å². The molecule has 1 aliphatic heterocycles. The molecule has 4 rings (SSSR count). The molecule has 0 saturated heterocycles. The fraction of sp³-hybridized carbons (Fsp3) is 0.182. The molecule has 1 unspecified atom stereocenters. The number of fused-ring (bicyclic) bond motifs is 1. The van der Waals surface area contributed by atoms with Crippen LogP contribution in [0.2, 0.25) is 0 Å². The third kappa shape index (κ3) is 3.76. The number of hydrogen-bond acceptors (Lipinski definition) is 4. The number of aromatic amines is 1. The van der Waals surface area contributed by atoms with Gasteiger partial charge in [-0.15, -0.1) is 0 Å². The third-order valence-corrected chi connectivity index (χ3v) is 5.38. The van der Waals surface area contributed by atoms with Gasteiger partial charge < -0.3 is 10.6 Å². The molecule has 176 valence electrons. The summed E-state index contributed by atoms with van der Waals surface area (Å²) >= 11 is 0. The molecule has 0 saturated carbocycles. The van der Waals surface area contributed by atoms with Gasteiger partial charge in [0.15, 0.2) is 0 Å². The van der Waals surface area contributed by atoms with E-state index in [0.29, 0.717) is 10.1 Å². The highest BCUT2D eigenvalue weighted by atomic mass is 19.4. The molecule has 34 heavy (non-hydrogen) atoms. The molecule has 12 heteroatoms. The van der Waals surface area contributed by atoms with Gasteiger partial charge in [0.25, 0.3) is 11.5 Å². The lowest BCUT2D eigenvalue weighted by molar-refractivity contribution is -0.200. The highest BCUT2D eigenvalue weighted by Crippen LogP contribution is 2.45. The molecule has 1 aliphatic rings. The number of benzene rings is 2. The number of carbonyl (C=O) groups excluding carboxylic acids is 2. The highest BCUT2D eigenvalue weighted by molar-refractivity contribution is 6.07. The minimum atomic E-state index is -5.44. The second kappa shape index (κ2) is 8.28. The van der Waals surface area contributed by atoms with Crippen molar-refractivity contribution in [2.24, 2.45) is 0 Å². The summed E-state index contributed by atoms with van der Waals surface area (Å²) in [6, 6.07) is 12.5. The van der Waals surface area contributed by atoms with Crippen LogP contribution in [0.1, 0.15) is 17.5 Å². The van der Waals surface area contributed by atoms with Gasteiger partial charge in [-0.1, -0.05) is 30.3 Å². The van der Waals surface area contributed by atoms with Crippen molar-refractivity contribution < 1.29 is 27.2 Å². The molecule has 2 heterocycles. The van der Waals surface area contributed by atoms with Crippen LogP contribution >= 0.6 is 0 Å². The lowest BCUT2D eigenvalue weighted by atomic mass is 9.91. The van der Waals surface area contributed by atoms with Crippen LogP contribution in [0.25, 0.3) is 5.69 Å². The Hall–Kier alpha value is -4.22. The average Bonchev–Trinajstić information content (AvgIpc) is 3.07. The Kier molecular flexibility index (Phi) is 5.59. The quantitative estimate of drug-likeness (QED) is 0.490. The van der Waals surface area contributed by atoms with Crippen LogP contribution in [0.4, 0.5) is 23.4 Å². The fourth-order valence-corrected chi connectivity index (χ4v) is 3.79. The topological polar surface area (TPSA) is 113 Å². The van der Waals surface area contributed by atoms with E-state index in [9.17, 15) is 36.7 Å². The van der Waals surface area contributed by atoms with Crippen molar-refractivity contribution in [3.63, 3.8) is 0 Å². The van der Waals surface area contributed by atoms with Gasteiger partial charge in [0.1, 0.15) is 17.2 Å². The van der Waals surface area contributed by atoms with Crippen LogP contribution in [0.5, 0.6) is 0 Å². The van der Waals surface area contributed by atoms with Gasteiger partial charge in [0, 0.05) is 6.42 Å². The van der Waals surface area contributed by atoms with E-state index in [4.69, 9.17) is 0 Å². The number of aryl methyl sites for hydroxylation is 1. The lowest BCUT2D eigenvalue weighted by Gasteiger charge is -2.30. The zero-order valence-corrected chi connectivity index (χ0v) is 17.2. The van der Waals surface area contributed by atoms with Crippen molar-refractivity contribution in [3.05, 3.63) is 92.4 Å². The molecule has 1 aromatic heterocycles. The number of alkyl halides is 3. The molecule has 0 aliphatic carbocycles. The minimum Gasteiger partial charge on any atom is -0.330 e. The number of amides is 2. The number of nitrogens with one attached hydrogen (secondary N) is 3. The summed E-state index contributed by atoms with van der Waals surface area (Å²) < 4.78 is 57.0. The Balaban J connectivity index is 1.82. The number of halogens is 4. The first-order valence-electron chi connectivity index (χ1n) is 9.93. The van der Waals surface area contributed by atoms with E-state index in [1.165, 1.54) is 0 Å². The Bertz CT molecular complexity index is 1380. The SMILES string of the molecule is O=C(CCc1ccccc1)NC1(C(F)(F)F)C(=O)Nc2c1c(=O)[nH]c(=O)n2-c1ccc(F)cc1. The van der Waals surface area contributed by atoms with Crippen LogP contribution in [0.15, 0.2) is 64.2 Å². The summed E-state index contributed by atoms with van der Waals surface area (Å²) in [6.45, 7) is 0. The summed E-state index contributed by atoms with van der Waals surface area (Å²) in [7, 11) is 0. The predicted octanol–water partition coefficient (Wildman–Crippen LogP) is 2.12. The molecular formula is C22H16F4N4O4. The first-order valence-corrected chi connectivity index (χ1v) is 9.93. The summed E-state index contributed by atoms with van der Waals surface area (Å²) in [4.78, 5) is 52.0. The summed E-state index contributed by atoms with van der Waals surface area (Å²) in [5.41, 5.74) is -7.03. The monoisotopic (exact) mass is 476 g/mol. The summed E-state index contributed by atoms with van der Waals surface area (Å²) in [5, 5.41) is 3.60. The number of carbonyl (C=O) groups is 2. The maximum Gasteiger partial charge on any atom is 0.425 e. The van der Waals surface area contributed by atoms with Gasteiger partial charge in [-0.05, 0) is 36.2 Å². The number of H-pyrrole nitrogens is 1. The van der Waals surface area contributed by atoms with Crippen molar-refractivity contribution in [2.75, 3.05) is 5.32 Å². The predicted molar refractivity (Wildman–Crippen MR) is 112 cm³/mol. The number of anilines is 1. The smallest absolute Gasteiger partial charge is 0.330 e. The molecule has 8 nitrogen and oxygen atoms in total. The summed E-state index contributed by atoms with van der Waals surface area (Å²) in [6.07, 6.45) is -5.76. The van der Waals surface area contributed by atoms with Crippen molar-refractivity contribution >= 4 is 17.6 Å². The summed E-state index contributed by atoms with van der Waals surface area (Å²) in [5.74, 6) is -4.35. The first kappa shape index (κ1) is 23.0. The van der Waals surface area contributed by atoms with Crippen molar-refractivity contribution in [3.8, 4) is 5.69 Å². The number of hydrogen-bond donors (Lipinski definition) is 3. The maximum absolute atomic E-state index is 14.4. The molecular weight excluding hydrogens is 460 g/mol. The van der Waals surface area contributed by atoms with Crippen LogP contribution in [0, 0.1) is 5.82 Å². The van der Waals surface area contributed by atoms with Crippen molar-refractivity contribution in [1.29, 1.82) is 0 Å². The Morgan fingerprint density at radius 3 is 2.26 bits per heavy atom. The van der Waals surface area contributed by atoms with Gasteiger partial charge in [0.2, 0.25) is 11.4 Å². The van der Waals surface area contributed by atoms with Crippen LogP contribution in [-0.2, 0) is 21.5 Å². The molecule has 0 spiro atoms. The average molecular weight is 476 g/mol. The van der Waals surface area contributed by atoms with Gasteiger partial charge in [-0.25, -0.2) is 13.8 Å². The number of rotatable bonds is 5. The van der Waals surface area contributed by atoms with Crippen LogP contribution < -0.4 is 21.9 Å². The van der Waals surface area contributed by atoms with Crippen molar-refractivity contribution in [2.45, 2.75) is 24.6 Å². The van der Waals surface area contributed by atoms with E-state index in [0.717, 1.165) is 24.3 Å². The number of nitrogens with zero attached hydrogens (tertiary/aromatic N) is 1. The Morgan fingerprint density at radius 1 is 1.00 bits per heavy atom. The van der Waals surface area contributed by atoms with E-state index in [-0.39, 0.29) is 12.1 Å². The molecule has 2 aromatic carbocycles. The maximum atomic E-state index is 14.4. The Morgan fingerprint density at radius 2 is 1.65 bits per heavy atom. The van der Waals surface area contributed by atoms with Gasteiger partial charge >= 0.3 is 11.9 Å². The normalized spacial score (nSPS) is 17.2. The molecule has 3 aromatic rings. The van der Waals surface area contributed by atoms with E-state index in [2.05, 4.69) is 0 Å². The van der Waals surface area contributed by atoms with Crippen molar-refractivity contribution in [1.82, 2.24) is 14.9 Å². The standard InChI is InChI=1S/C22H16F4N4O4/c23-13-7-9-14(10-8-13)30-17-16(18(32)28-20(30)34)21(19(33)27-17,22(24,25)26)29-15(31)11-6-12-4-2-1-3-5-12/h1-5,7-10H,6,11H2,(H,27,33)(H,29,31)(H,28,32,34). The second-order valence-electron chi connectivity index (χ2n) is 7.53. The Labute approximate surface area is 188 Å². The van der Waals surface area contributed by atoms with Gasteiger partial charge in [0.05, 0.1) is 5.69 Å². The van der Waals surface area contributed by atoms with E-state index >= 15 is 0 Å². The fourth-order valence-electron chi connectivity index (χ4n) is 3.79. The zero-order valence-electron chi connectivity index (χ0n) is 17.2. The van der Waals surface area contributed by atoms with Crippen LogP contribution in [0.3, 0.4) is 0 Å². The number of aromatic nitrogens is 2.